The van der Waals surface area contributed by atoms with Crippen LogP contribution in [0.2, 0.25) is 0 Å². The van der Waals surface area contributed by atoms with Gasteiger partial charge in [-0.2, -0.15) is 13.8 Å². The van der Waals surface area contributed by atoms with E-state index in [1.165, 1.54) is 6.92 Å². The number of carbonyl (C=O) groups excluding carboxylic acids is 1. The molecule has 1 heterocycles. The summed E-state index contributed by atoms with van der Waals surface area (Å²) in [6, 6.07) is 0. The van der Waals surface area contributed by atoms with E-state index in [4.69, 9.17) is 11.6 Å². The summed E-state index contributed by atoms with van der Waals surface area (Å²) in [6.45, 7) is 1.53. The molecule has 0 aliphatic heterocycles. The lowest BCUT2D eigenvalue weighted by molar-refractivity contribution is -0.123. The average molecular weight is 280 g/mol. The zero-order valence-electron chi connectivity index (χ0n) is 9.62. The Morgan fingerprint density at radius 3 is 2.61 bits per heavy atom. The maximum absolute atomic E-state index is 12.4. The number of carbonyl (C=O) groups is 1. The smallest absolute Gasteiger partial charge is 0.315 e. The third-order valence-electron chi connectivity index (χ3n) is 2.99. The van der Waals surface area contributed by atoms with Crippen LogP contribution in [0.15, 0.2) is 4.52 Å². The van der Waals surface area contributed by atoms with Crippen molar-refractivity contribution >= 4 is 17.5 Å². The molecule has 0 radical (unpaired) electrons. The van der Waals surface area contributed by atoms with Crippen molar-refractivity contribution in [3.05, 3.63) is 11.7 Å². The van der Waals surface area contributed by atoms with Gasteiger partial charge in [0.15, 0.2) is 5.82 Å². The van der Waals surface area contributed by atoms with Gasteiger partial charge in [0, 0.05) is 0 Å². The van der Waals surface area contributed by atoms with Crippen molar-refractivity contribution < 1.29 is 18.1 Å². The predicted molar refractivity (Wildman–Crippen MR) is 58.2 cm³/mol. The summed E-state index contributed by atoms with van der Waals surface area (Å²) in [6.07, 6.45) is -0.782. The van der Waals surface area contributed by atoms with Crippen molar-refractivity contribution in [2.45, 2.75) is 43.5 Å². The van der Waals surface area contributed by atoms with Crippen LogP contribution in [0.3, 0.4) is 0 Å². The fourth-order valence-electron chi connectivity index (χ4n) is 1.79. The van der Waals surface area contributed by atoms with Crippen LogP contribution in [-0.2, 0) is 10.3 Å². The van der Waals surface area contributed by atoms with E-state index < -0.39 is 23.2 Å². The molecule has 0 aromatic carbocycles. The molecule has 1 atom stereocenters. The topological polar surface area (TPSA) is 68.0 Å². The van der Waals surface area contributed by atoms with E-state index in [0.717, 1.165) is 6.42 Å². The Hall–Kier alpha value is -1.24. The number of hydrogen-bond acceptors (Lipinski definition) is 4. The second kappa shape index (κ2) is 4.79. The van der Waals surface area contributed by atoms with Gasteiger partial charge < -0.3 is 9.84 Å². The molecule has 2 rings (SSSR count). The molecule has 8 heteroatoms. The van der Waals surface area contributed by atoms with Gasteiger partial charge in [-0.1, -0.05) is 5.16 Å². The number of amides is 1. The van der Waals surface area contributed by atoms with Crippen LogP contribution in [-0.4, -0.2) is 21.4 Å². The van der Waals surface area contributed by atoms with Crippen molar-refractivity contribution in [2.75, 3.05) is 0 Å². The molecule has 0 spiro atoms. The highest BCUT2D eigenvalue weighted by molar-refractivity contribution is 6.30. The van der Waals surface area contributed by atoms with E-state index in [0.29, 0.717) is 12.8 Å². The van der Waals surface area contributed by atoms with E-state index in [9.17, 15) is 13.6 Å². The quantitative estimate of drug-likeness (QED) is 0.857. The highest BCUT2D eigenvalue weighted by Gasteiger charge is 2.45. The van der Waals surface area contributed by atoms with E-state index in [-0.39, 0.29) is 11.7 Å². The molecule has 1 aliphatic carbocycles. The standard InChI is InChI=1S/C10H12ClF2N3O2/c1-5(11)7(17)15-10(3-2-4-10)9-14-8(6(12)13)18-16-9/h5-6H,2-4H2,1H3,(H,15,17). The van der Waals surface area contributed by atoms with Crippen molar-refractivity contribution in [3.63, 3.8) is 0 Å². The normalized spacial score (nSPS) is 19.4. The molecule has 0 bridgehead atoms. The maximum Gasteiger partial charge on any atom is 0.315 e. The SMILES string of the molecule is CC(Cl)C(=O)NC1(c2noc(C(F)F)n2)CCC1. The van der Waals surface area contributed by atoms with Crippen LogP contribution in [0.4, 0.5) is 8.78 Å². The Balaban J connectivity index is 2.18. The van der Waals surface area contributed by atoms with Gasteiger partial charge in [-0.05, 0) is 26.2 Å². The van der Waals surface area contributed by atoms with Gasteiger partial charge in [-0.15, -0.1) is 11.6 Å². The van der Waals surface area contributed by atoms with Crippen molar-refractivity contribution in [1.29, 1.82) is 0 Å². The second-order valence-corrected chi connectivity index (χ2v) is 4.95. The molecule has 100 valence electrons. The second-order valence-electron chi connectivity index (χ2n) is 4.30. The Labute approximate surface area is 107 Å². The maximum atomic E-state index is 12.4. The highest BCUT2D eigenvalue weighted by Crippen LogP contribution is 2.40. The summed E-state index contributed by atoms with van der Waals surface area (Å²) < 4.78 is 29.2. The summed E-state index contributed by atoms with van der Waals surface area (Å²) in [7, 11) is 0. The van der Waals surface area contributed by atoms with Crippen LogP contribution in [0.5, 0.6) is 0 Å². The van der Waals surface area contributed by atoms with Crippen LogP contribution >= 0.6 is 11.6 Å². The number of rotatable bonds is 4. The zero-order valence-corrected chi connectivity index (χ0v) is 10.4. The molecule has 1 unspecified atom stereocenters. The summed E-state index contributed by atoms with van der Waals surface area (Å²) in [5.41, 5.74) is -0.809. The number of aromatic nitrogens is 2. The molecule has 0 saturated heterocycles. The van der Waals surface area contributed by atoms with E-state index in [1.807, 2.05) is 0 Å². The highest BCUT2D eigenvalue weighted by atomic mass is 35.5. The first kappa shape index (κ1) is 13.2. The van der Waals surface area contributed by atoms with Gasteiger partial charge in [0.25, 0.3) is 5.89 Å². The number of halogens is 3. The van der Waals surface area contributed by atoms with E-state index >= 15 is 0 Å². The molecule has 1 aromatic heterocycles. The van der Waals surface area contributed by atoms with Crippen molar-refractivity contribution in [1.82, 2.24) is 15.5 Å². The minimum atomic E-state index is -2.81. The fraction of sp³-hybridized carbons (Fsp3) is 0.700. The molecular weight excluding hydrogens is 268 g/mol. The molecule has 1 aliphatic rings. The molecule has 1 saturated carbocycles. The van der Waals surface area contributed by atoms with E-state index in [1.54, 1.807) is 0 Å². The Morgan fingerprint density at radius 2 is 2.22 bits per heavy atom. The summed E-state index contributed by atoms with van der Waals surface area (Å²) in [5, 5.41) is 5.51. The Kier molecular flexibility index (Phi) is 3.52. The molecule has 1 fully saturated rings. The van der Waals surface area contributed by atoms with Gasteiger partial charge in [0.05, 0.1) is 0 Å². The van der Waals surface area contributed by atoms with Crippen molar-refractivity contribution in [3.8, 4) is 0 Å². The third kappa shape index (κ3) is 2.31. The van der Waals surface area contributed by atoms with Crippen LogP contribution < -0.4 is 5.32 Å². The van der Waals surface area contributed by atoms with Crippen LogP contribution in [0.1, 0.15) is 44.3 Å². The number of nitrogens with zero attached hydrogens (tertiary/aromatic N) is 2. The van der Waals surface area contributed by atoms with Gasteiger partial charge in [0.1, 0.15) is 10.9 Å². The number of nitrogens with one attached hydrogen (secondary N) is 1. The molecule has 1 N–H and O–H groups in total. The summed E-state index contributed by atoms with van der Waals surface area (Å²) in [4.78, 5) is 15.2. The average Bonchev–Trinajstić information content (AvgIpc) is 2.72. The Bertz CT molecular complexity index is 446. The minimum absolute atomic E-state index is 0.0923. The lowest BCUT2D eigenvalue weighted by Crippen LogP contribution is -2.53. The van der Waals surface area contributed by atoms with Gasteiger partial charge in [-0.3, -0.25) is 4.79 Å². The molecule has 18 heavy (non-hydrogen) atoms. The Morgan fingerprint density at radius 1 is 1.56 bits per heavy atom. The summed E-state index contributed by atoms with van der Waals surface area (Å²) in [5.74, 6) is -1.01. The monoisotopic (exact) mass is 279 g/mol. The number of alkyl halides is 3. The van der Waals surface area contributed by atoms with Gasteiger partial charge in [-0.25, -0.2) is 0 Å². The largest absolute Gasteiger partial charge is 0.342 e. The lowest BCUT2D eigenvalue weighted by Gasteiger charge is -2.39. The summed E-state index contributed by atoms with van der Waals surface area (Å²) >= 11 is 5.66. The molecular formula is C10H12ClF2N3O2. The molecule has 1 aromatic rings. The first-order valence-electron chi connectivity index (χ1n) is 5.53. The van der Waals surface area contributed by atoms with E-state index in [2.05, 4.69) is 20.0 Å². The first-order valence-corrected chi connectivity index (χ1v) is 5.96. The van der Waals surface area contributed by atoms with Gasteiger partial charge in [0.2, 0.25) is 5.91 Å². The molecule has 5 nitrogen and oxygen atoms in total. The molecule has 1 amide bonds. The minimum Gasteiger partial charge on any atom is -0.342 e. The van der Waals surface area contributed by atoms with Crippen molar-refractivity contribution in [2.24, 2.45) is 0 Å². The van der Waals surface area contributed by atoms with Crippen LogP contribution in [0.25, 0.3) is 0 Å². The third-order valence-corrected chi connectivity index (χ3v) is 3.19. The predicted octanol–water partition coefficient (Wildman–Crippen LogP) is 2.13. The lowest BCUT2D eigenvalue weighted by atomic mass is 9.76. The van der Waals surface area contributed by atoms with Gasteiger partial charge >= 0.3 is 6.43 Å². The number of hydrogen-bond donors (Lipinski definition) is 1. The fourth-order valence-corrected chi connectivity index (χ4v) is 1.84. The zero-order chi connectivity index (χ0) is 13.3. The first-order chi connectivity index (χ1) is 8.44. The van der Waals surface area contributed by atoms with Crippen LogP contribution in [0, 0.1) is 0 Å².